The van der Waals surface area contributed by atoms with Crippen LogP contribution in [0.1, 0.15) is 12.5 Å². The van der Waals surface area contributed by atoms with Gasteiger partial charge in [-0.2, -0.15) is 0 Å². The van der Waals surface area contributed by atoms with Crippen LogP contribution in [-0.2, 0) is 16.0 Å². The molecule has 3 rings (SSSR count). The molecule has 0 spiro atoms. The van der Waals surface area contributed by atoms with E-state index in [-0.39, 0.29) is 0 Å². The third kappa shape index (κ3) is 5.65. The van der Waals surface area contributed by atoms with Gasteiger partial charge in [-0.05, 0) is 72.3 Å². The van der Waals surface area contributed by atoms with Crippen molar-refractivity contribution in [2.45, 2.75) is 23.1 Å². The Hall–Kier alpha value is -2.70. The van der Waals surface area contributed by atoms with Crippen molar-refractivity contribution in [2.24, 2.45) is 0 Å². The summed E-state index contributed by atoms with van der Waals surface area (Å²) in [6.45, 7) is 2.10. The molecular weight excluding hydrogens is 400 g/mol. The molecule has 0 radical (unpaired) electrons. The molecule has 0 aromatic heterocycles. The number of rotatable bonds is 6. The predicted molar refractivity (Wildman–Crippen MR) is 121 cm³/mol. The summed E-state index contributed by atoms with van der Waals surface area (Å²) in [5, 5.41) is 0. The molecule has 0 bridgehead atoms. The van der Waals surface area contributed by atoms with Gasteiger partial charge in [0.1, 0.15) is 0 Å². The number of para-hydroxylation sites is 1. The van der Waals surface area contributed by atoms with E-state index in [1.165, 1.54) is 38.1 Å². The van der Waals surface area contributed by atoms with Crippen LogP contribution in [0.4, 0.5) is 5.69 Å². The zero-order valence-electron chi connectivity index (χ0n) is 16.3. The fourth-order valence-corrected chi connectivity index (χ4v) is 4.18. The average molecular weight is 423 g/mol. The van der Waals surface area contributed by atoms with E-state index in [9.17, 15) is 9.59 Å². The summed E-state index contributed by atoms with van der Waals surface area (Å²) in [6.07, 6.45) is 0.959. The summed E-state index contributed by atoms with van der Waals surface area (Å²) < 4.78 is 2.82. The molecule has 148 valence electrons. The van der Waals surface area contributed by atoms with E-state index >= 15 is 0 Å². The van der Waals surface area contributed by atoms with E-state index in [4.69, 9.17) is 0 Å². The first-order chi connectivity index (χ1) is 14.1. The van der Waals surface area contributed by atoms with Crippen molar-refractivity contribution in [3.05, 3.63) is 90.5 Å². The summed E-state index contributed by atoms with van der Waals surface area (Å²) in [5.41, 5.74) is 1.89. The maximum absolute atomic E-state index is 13.1. The fourth-order valence-electron chi connectivity index (χ4n) is 2.57. The van der Waals surface area contributed by atoms with E-state index in [0.717, 1.165) is 16.2 Å². The third-order valence-corrected chi connectivity index (χ3v) is 6.12. The van der Waals surface area contributed by atoms with E-state index in [2.05, 4.69) is 6.92 Å². The standard InChI is InChI=1S/C23H22N2O2S2/c1-3-18-14-16-21(17-15-18)28-24(2)22(26)23(27)25(19-10-6-4-7-11-19)29-20-12-8-5-9-13-20/h4-17H,3H2,1-2H3. The number of carbonyl (C=O) groups excluding carboxylic acids is 2. The lowest BCUT2D eigenvalue weighted by Gasteiger charge is -2.23. The number of carbonyl (C=O) groups is 2. The molecule has 3 aromatic rings. The van der Waals surface area contributed by atoms with Crippen molar-refractivity contribution < 1.29 is 9.59 Å². The molecule has 0 saturated heterocycles. The van der Waals surface area contributed by atoms with Gasteiger partial charge in [-0.1, -0.05) is 55.5 Å². The SMILES string of the molecule is CCc1ccc(SN(C)C(=O)C(=O)N(Sc2ccccc2)c2ccccc2)cc1. The second-order valence-corrected chi connectivity index (χ2v) is 8.45. The van der Waals surface area contributed by atoms with Crippen LogP contribution in [0.5, 0.6) is 0 Å². The first kappa shape index (κ1) is 21.0. The monoisotopic (exact) mass is 422 g/mol. The molecule has 0 fully saturated rings. The maximum Gasteiger partial charge on any atom is 0.327 e. The molecule has 6 heteroatoms. The molecule has 0 saturated carbocycles. The van der Waals surface area contributed by atoms with Crippen molar-refractivity contribution in [2.75, 3.05) is 11.4 Å². The lowest BCUT2D eigenvalue weighted by atomic mass is 10.2. The van der Waals surface area contributed by atoms with Crippen LogP contribution in [0.2, 0.25) is 0 Å². The van der Waals surface area contributed by atoms with E-state index in [1.54, 1.807) is 7.05 Å². The van der Waals surface area contributed by atoms with Gasteiger partial charge in [0.05, 0.1) is 5.69 Å². The van der Waals surface area contributed by atoms with Gasteiger partial charge in [0.25, 0.3) is 0 Å². The third-order valence-electron chi connectivity index (χ3n) is 4.16. The Morgan fingerprint density at radius 3 is 1.86 bits per heavy atom. The average Bonchev–Trinajstić information content (AvgIpc) is 2.78. The van der Waals surface area contributed by atoms with Crippen LogP contribution in [0.3, 0.4) is 0 Å². The maximum atomic E-state index is 13.1. The molecule has 0 aliphatic rings. The summed E-state index contributed by atoms with van der Waals surface area (Å²) in [7, 11) is 1.62. The van der Waals surface area contributed by atoms with Gasteiger partial charge >= 0.3 is 11.8 Å². The molecule has 0 heterocycles. The normalized spacial score (nSPS) is 10.4. The fraction of sp³-hybridized carbons (Fsp3) is 0.130. The van der Waals surface area contributed by atoms with E-state index < -0.39 is 11.8 Å². The van der Waals surface area contributed by atoms with Crippen molar-refractivity contribution >= 4 is 41.4 Å². The van der Waals surface area contributed by atoms with Crippen LogP contribution in [0.25, 0.3) is 0 Å². The number of anilines is 1. The predicted octanol–water partition coefficient (Wildman–Crippen LogP) is 5.46. The van der Waals surface area contributed by atoms with Crippen molar-refractivity contribution in [1.82, 2.24) is 4.31 Å². The molecular formula is C23H22N2O2S2. The molecule has 0 aliphatic heterocycles. The number of aryl methyl sites for hydroxylation is 1. The summed E-state index contributed by atoms with van der Waals surface area (Å²) in [6, 6.07) is 26.7. The largest absolute Gasteiger partial charge is 0.327 e. The van der Waals surface area contributed by atoms with E-state index in [0.29, 0.717) is 5.69 Å². The first-order valence-corrected chi connectivity index (χ1v) is 10.8. The van der Waals surface area contributed by atoms with Gasteiger partial charge in [0.2, 0.25) is 0 Å². The molecule has 0 atom stereocenters. The van der Waals surface area contributed by atoms with Crippen LogP contribution < -0.4 is 4.31 Å². The topological polar surface area (TPSA) is 40.6 Å². The van der Waals surface area contributed by atoms with Gasteiger partial charge in [-0.15, -0.1) is 0 Å². The zero-order valence-corrected chi connectivity index (χ0v) is 18.0. The second kappa shape index (κ2) is 10.2. The highest BCUT2D eigenvalue weighted by Gasteiger charge is 2.28. The number of hydrogen-bond acceptors (Lipinski definition) is 4. The Morgan fingerprint density at radius 1 is 0.724 bits per heavy atom. The van der Waals surface area contributed by atoms with Crippen LogP contribution in [-0.4, -0.2) is 23.2 Å². The molecule has 2 amide bonds. The second-order valence-electron chi connectivity index (χ2n) is 6.23. The van der Waals surface area contributed by atoms with Crippen molar-refractivity contribution in [3.63, 3.8) is 0 Å². The van der Waals surface area contributed by atoms with Crippen LogP contribution in [0.15, 0.2) is 94.7 Å². The Balaban J connectivity index is 1.77. The minimum absolute atomic E-state index is 0.582. The van der Waals surface area contributed by atoms with Gasteiger partial charge in [-0.25, -0.2) is 4.31 Å². The highest BCUT2D eigenvalue weighted by molar-refractivity contribution is 8.01. The number of benzene rings is 3. The van der Waals surface area contributed by atoms with Crippen LogP contribution >= 0.6 is 23.9 Å². The molecule has 0 unspecified atom stereocenters. The molecule has 0 aliphatic carbocycles. The van der Waals surface area contributed by atoms with Gasteiger partial charge in [0, 0.05) is 16.8 Å². The first-order valence-electron chi connectivity index (χ1n) is 9.25. The van der Waals surface area contributed by atoms with Crippen molar-refractivity contribution in [1.29, 1.82) is 0 Å². The molecule has 0 N–H and O–H groups in total. The minimum Gasteiger partial charge on any atom is -0.277 e. The Bertz CT molecular complexity index is 948. The summed E-state index contributed by atoms with van der Waals surface area (Å²) >= 11 is 2.48. The van der Waals surface area contributed by atoms with Crippen LogP contribution in [0, 0.1) is 0 Å². The van der Waals surface area contributed by atoms with Gasteiger partial charge in [-0.3, -0.25) is 13.9 Å². The minimum atomic E-state index is -0.592. The highest BCUT2D eigenvalue weighted by atomic mass is 32.2. The number of amides is 2. The number of nitrogens with zero attached hydrogens (tertiary/aromatic N) is 2. The smallest absolute Gasteiger partial charge is 0.277 e. The Morgan fingerprint density at radius 2 is 1.28 bits per heavy atom. The summed E-state index contributed by atoms with van der Waals surface area (Å²) in [4.78, 5) is 27.7. The van der Waals surface area contributed by atoms with Gasteiger partial charge in [0.15, 0.2) is 0 Å². The molecule has 3 aromatic carbocycles. The Labute approximate surface area is 180 Å². The lowest BCUT2D eigenvalue weighted by molar-refractivity contribution is -0.139. The van der Waals surface area contributed by atoms with Gasteiger partial charge < -0.3 is 0 Å². The van der Waals surface area contributed by atoms with E-state index in [1.807, 2.05) is 84.9 Å². The zero-order chi connectivity index (χ0) is 20.6. The Kier molecular flexibility index (Phi) is 7.38. The number of hydrogen-bond donors (Lipinski definition) is 0. The summed E-state index contributed by atoms with van der Waals surface area (Å²) in [5.74, 6) is -1.17. The molecule has 4 nitrogen and oxygen atoms in total. The lowest BCUT2D eigenvalue weighted by Crippen LogP contribution is -2.38. The molecule has 29 heavy (non-hydrogen) atoms. The number of likely N-dealkylation sites (N-methyl/N-ethyl adjacent to an activating group) is 1. The van der Waals surface area contributed by atoms with Crippen molar-refractivity contribution in [3.8, 4) is 0 Å². The quantitative estimate of drug-likeness (QED) is 0.391. The highest BCUT2D eigenvalue weighted by Crippen LogP contribution is 2.30.